The molecule has 0 saturated heterocycles. The number of imidazole rings is 1. The summed E-state index contributed by atoms with van der Waals surface area (Å²) in [5.41, 5.74) is 0.554. The molecule has 0 saturated carbocycles. The minimum Gasteiger partial charge on any atom is -0.339 e. The molecule has 2 rings (SSSR count). The van der Waals surface area contributed by atoms with E-state index in [-0.39, 0.29) is 5.56 Å². The lowest BCUT2D eigenvalue weighted by Crippen LogP contribution is -2.13. The molecule has 0 radical (unpaired) electrons. The first-order chi connectivity index (χ1) is 5.29. The summed E-state index contributed by atoms with van der Waals surface area (Å²) in [6, 6.07) is 0. The number of hydrogen-bond donors (Lipinski definition) is 2. The predicted octanol–water partition coefficient (Wildman–Crippen LogP) is -0.188. The van der Waals surface area contributed by atoms with Crippen LogP contribution in [0, 0.1) is 0 Å². The van der Waals surface area contributed by atoms with E-state index in [1.54, 1.807) is 0 Å². The lowest BCUT2D eigenvalue weighted by Gasteiger charge is -1.90. The summed E-state index contributed by atoms with van der Waals surface area (Å²) >= 11 is 3.84. The average Bonchev–Trinajstić information content (AvgIpc) is 2.45. The quantitative estimate of drug-likeness (QED) is 0.536. The Balaban J connectivity index is 3.05. The van der Waals surface area contributed by atoms with Crippen molar-refractivity contribution in [2.75, 3.05) is 0 Å². The van der Waals surface area contributed by atoms with Gasteiger partial charge in [-0.15, -0.1) is 0 Å². The van der Waals surface area contributed by atoms with Crippen LogP contribution in [-0.2, 0) is 0 Å². The monoisotopic (exact) mass is 168 g/mol. The molecular formula is C5H4N4OS. The Bertz CT molecular complexity index is 445. The fraction of sp³-hybridized carbons (Fsp3) is 0. The molecule has 2 aromatic rings. The second-order valence-electron chi connectivity index (χ2n) is 2.00. The van der Waals surface area contributed by atoms with Crippen molar-refractivity contribution in [3.05, 3.63) is 23.0 Å². The van der Waals surface area contributed by atoms with Crippen LogP contribution in [0.15, 0.2) is 17.4 Å². The molecule has 0 unspecified atom stereocenters. The van der Waals surface area contributed by atoms with Gasteiger partial charge in [-0.25, -0.2) is 13.9 Å². The fourth-order valence-electron chi connectivity index (χ4n) is 0.819. The number of fused-ring (bicyclic) bond motifs is 1. The van der Waals surface area contributed by atoms with Crippen molar-refractivity contribution in [3.8, 4) is 0 Å². The molecule has 0 aliphatic rings. The zero-order valence-electron chi connectivity index (χ0n) is 5.35. The number of hydrogen-bond acceptors (Lipinski definition) is 4. The topological polar surface area (TPSA) is 63.6 Å². The summed E-state index contributed by atoms with van der Waals surface area (Å²) in [4.78, 5) is 21.5. The Hall–Kier alpha value is -1.30. The van der Waals surface area contributed by atoms with E-state index in [0.717, 1.165) is 3.97 Å². The van der Waals surface area contributed by atoms with E-state index in [2.05, 4.69) is 27.8 Å². The van der Waals surface area contributed by atoms with Crippen LogP contribution in [0.5, 0.6) is 0 Å². The molecule has 5 nitrogen and oxygen atoms in total. The van der Waals surface area contributed by atoms with E-state index in [0.29, 0.717) is 11.2 Å². The maximum absolute atomic E-state index is 11.2. The SMILES string of the molecule is O=c1c2[nH]cnc2ncn1S. The smallest absolute Gasteiger partial charge is 0.289 e. The van der Waals surface area contributed by atoms with Crippen molar-refractivity contribution in [2.45, 2.75) is 0 Å². The van der Waals surface area contributed by atoms with Crippen molar-refractivity contribution in [2.24, 2.45) is 0 Å². The van der Waals surface area contributed by atoms with Gasteiger partial charge in [0.15, 0.2) is 11.2 Å². The molecule has 0 aliphatic heterocycles. The zero-order chi connectivity index (χ0) is 7.84. The van der Waals surface area contributed by atoms with Gasteiger partial charge >= 0.3 is 0 Å². The minimum atomic E-state index is -0.240. The predicted molar refractivity (Wildman–Crippen MR) is 42.5 cm³/mol. The Morgan fingerprint density at radius 1 is 1.55 bits per heavy atom. The third-order valence-corrected chi connectivity index (χ3v) is 1.62. The molecule has 0 atom stereocenters. The van der Waals surface area contributed by atoms with Crippen LogP contribution in [0.2, 0.25) is 0 Å². The van der Waals surface area contributed by atoms with Crippen LogP contribution < -0.4 is 5.56 Å². The van der Waals surface area contributed by atoms with Crippen molar-refractivity contribution in [3.63, 3.8) is 0 Å². The zero-order valence-corrected chi connectivity index (χ0v) is 6.25. The van der Waals surface area contributed by atoms with E-state index < -0.39 is 0 Å². The van der Waals surface area contributed by atoms with Crippen LogP contribution in [0.4, 0.5) is 0 Å². The first-order valence-electron chi connectivity index (χ1n) is 2.89. The van der Waals surface area contributed by atoms with Gasteiger partial charge in [-0.3, -0.25) is 4.79 Å². The van der Waals surface area contributed by atoms with Crippen LogP contribution in [0.3, 0.4) is 0 Å². The highest BCUT2D eigenvalue weighted by atomic mass is 32.1. The number of nitrogens with one attached hydrogen (secondary N) is 1. The molecule has 6 heteroatoms. The summed E-state index contributed by atoms with van der Waals surface area (Å²) in [5.74, 6) is 0. The maximum atomic E-state index is 11.2. The molecule has 0 aromatic carbocycles. The number of thiol groups is 1. The lowest BCUT2D eigenvalue weighted by molar-refractivity contribution is 1.09. The van der Waals surface area contributed by atoms with Crippen LogP contribution in [0.1, 0.15) is 0 Å². The molecule has 56 valence electrons. The highest BCUT2D eigenvalue weighted by molar-refractivity contribution is 7.78. The lowest BCUT2D eigenvalue weighted by atomic mass is 10.6. The van der Waals surface area contributed by atoms with Crippen molar-refractivity contribution in [1.82, 2.24) is 18.9 Å². The summed E-state index contributed by atoms with van der Waals surface area (Å²) in [6.45, 7) is 0. The summed E-state index contributed by atoms with van der Waals surface area (Å²) < 4.78 is 1.10. The second-order valence-corrected chi connectivity index (χ2v) is 2.43. The third kappa shape index (κ3) is 0.829. The van der Waals surface area contributed by atoms with Crippen LogP contribution in [-0.4, -0.2) is 18.9 Å². The van der Waals surface area contributed by atoms with Gasteiger partial charge in [0.25, 0.3) is 5.56 Å². The van der Waals surface area contributed by atoms with E-state index in [1.165, 1.54) is 12.7 Å². The standard InChI is InChI=1S/C5H4N4OS/c10-5-3-4(7-1-6-3)8-2-9(5)11/h1-2,11H,(H,6,7). The Kier molecular flexibility index (Phi) is 1.22. The molecule has 0 aliphatic carbocycles. The molecule has 0 spiro atoms. The molecule has 0 amide bonds. The highest BCUT2D eigenvalue weighted by Gasteiger charge is 2.01. The van der Waals surface area contributed by atoms with Gasteiger partial charge in [-0.2, -0.15) is 0 Å². The molecule has 0 fully saturated rings. The molecule has 11 heavy (non-hydrogen) atoms. The van der Waals surface area contributed by atoms with Gasteiger partial charge in [-0.05, 0) is 0 Å². The van der Waals surface area contributed by atoms with Gasteiger partial charge in [0, 0.05) is 0 Å². The Morgan fingerprint density at radius 3 is 3.18 bits per heavy atom. The van der Waals surface area contributed by atoms with Crippen LogP contribution >= 0.6 is 12.8 Å². The van der Waals surface area contributed by atoms with E-state index >= 15 is 0 Å². The van der Waals surface area contributed by atoms with Gasteiger partial charge < -0.3 is 4.98 Å². The van der Waals surface area contributed by atoms with Gasteiger partial charge in [-0.1, -0.05) is 12.8 Å². The average molecular weight is 168 g/mol. The number of H-pyrrole nitrogens is 1. The molecule has 0 bridgehead atoms. The van der Waals surface area contributed by atoms with Gasteiger partial charge in [0.2, 0.25) is 0 Å². The largest absolute Gasteiger partial charge is 0.339 e. The Labute approximate surface area is 66.6 Å². The summed E-state index contributed by atoms with van der Waals surface area (Å²) in [6.07, 6.45) is 2.74. The van der Waals surface area contributed by atoms with E-state index in [4.69, 9.17) is 0 Å². The van der Waals surface area contributed by atoms with Crippen molar-refractivity contribution in [1.29, 1.82) is 0 Å². The first kappa shape index (κ1) is 6.41. The number of aromatic amines is 1. The van der Waals surface area contributed by atoms with Crippen LogP contribution in [0.25, 0.3) is 11.2 Å². The van der Waals surface area contributed by atoms with Crippen molar-refractivity contribution >= 4 is 24.0 Å². The summed E-state index contributed by atoms with van der Waals surface area (Å²) in [7, 11) is 0. The van der Waals surface area contributed by atoms with Crippen molar-refractivity contribution < 1.29 is 0 Å². The normalized spacial score (nSPS) is 10.6. The Morgan fingerprint density at radius 2 is 2.36 bits per heavy atom. The van der Waals surface area contributed by atoms with Gasteiger partial charge in [0.05, 0.1) is 6.33 Å². The number of nitrogens with zero attached hydrogens (tertiary/aromatic N) is 3. The van der Waals surface area contributed by atoms with Gasteiger partial charge in [0.1, 0.15) is 6.33 Å². The molecule has 1 N–H and O–H groups in total. The maximum Gasteiger partial charge on any atom is 0.289 e. The number of aromatic nitrogens is 4. The minimum absolute atomic E-state index is 0.240. The molecular weight excluding hydrogens is 164 g/mol. The summed E-state index contributed by atoms with van der Waals surface area (Å²) in [5, 5.41) is 0. The fourth-order valence-corrected chi connectivity index (χ4v) is 0.970. The number of rotatable bonds is 0. The second kappa shape index (κ2) is 2.09. The van der Waals surface area contributed by atoms with E-state index in [1.807, 2.05) is 0 Å². The highest BCUT2D eigenvalue weighted by Crippen LogP contribution is 1.97. The molecule has 2 heterocycles. The van der Waals surface area contributed by atoms with E-state index in [9.17, 15) is 4.79 Å². The molecule has 2 aromatic heterocycles. The first-order valence-corrected chi connectivity index (χ1v) is 3.29. The third-order valence-electron chi connectivity index (χ3n) is 1.33.